The zero-order valence-corrected chi connectivity index (χ0v) is 36.5. The van der Waals surface area contributed by atoms with Crippen LogP contribution in [0.5, 0.6) is 0 Å². The molecule has 1 aliphatic heterocycles. The van der Waals surface area contributed by atoms with Gasteiger partial charge in [0, 0.05) is 37.9 Å². The van der Waals surface area contributed by atoms with Crippen LogP contribution in [-0.2, 0) is 0 Å². The SMILES string of the molecule is O=C1c2cccc(-n3c4c(-n5c6ccccc6c6ccccc65)cccc4c4cccc(-n5c6ccccc6c6ccccc65)c43)c2C(=O)N1c1ccc(-c2ccccc2)cc1-c1ccccc1. The Morgan fingerprint density at radius 1 is 0.265 bits per heavy atom. The van der Waals surface area contributed by atoms with Gasteiger partial charge in [-0.15, -0.1) is 0 Å². The molecule has 68 heavy (non-hydrogen) atoms. The van der Waals surface area contributed by atoms with Crippen LogP contribution in [0.15, 0.2) is 231 Å². The molecule has 0 atom stereocenters. The molecule has 0 fully saturated rings. The van der Waals surface area contributed by atoms with Crippen LogP contribution < -0.4 is 4.90 Å². The summed E-state index contributed by atoms with van der Waals surface area (Å²) in [6.45, 7) is 0. The summed E-state index contributed by atoms with van der Waals surface area (Å²) >= 11 is 0. The van der Waals surface area contributed by atoms with E-state index in [0.29, 0.717) is 22.5 Å². The lowest BCUT2D eigenvalue weighted by Gasteiger charge is -2.20. The number of nitrogens with zero attached hydrogens (tertiary/aromatic N) is 4. The highest BCUT2D eigenvalue weighted by Crippen LogP contribution is 2.46. The van der Waals surface area contributed by atoms with Gasteiger partial charge in [-0.05, 0) is 77.4 Å². The Labute approximate surface area is 390 Å². The van der Waals surface area contributed by atoms with E-state index < -0.39 is 0 Å². The first-order valence-corrected chi connectivity index (χ1v) is 22.9. The molecular formula is C62H38N4O2. The average Bonchev–Trinajstić information content (AvgIpc) is 4.11. The highest BCUT2D eigenvalue weighted by Gasteiger charge is 2.41. The summed E-state index contributed by atoms with van der Waals surface area (Å²) in [5, 5.41) is 6.65. The fraction of sp³-hybridized carbons (Fsp3) is 0. The van der Waals surface area contributed by atoms with Crippen LogP contribution in [0.4, 0.5) is 5.69 Å². The third-order valence-electron chi connectivity index (χ3n) is 14.0. The fourth-order valence-corrected chi connectivity index (χ4v) is 11.1. The number of rotatable bonds is 6. The van der Waals surface area contributed by atoms with E-state index in [-0.39, 0.29) is 11.8 Å². The minimum absolute atomic E-state index is 0.358. The number of fused-ring (bicyclic) bond motifs is 10. The standard InChI is InChI=1S/C62H38N4O2/c67-61-48-28-17-33-55(58(48)62(68)66(61)54-37-36-41(39-18-3-1-4-19-39)38-49(54)40-20-5-2-6-21-40)65-59-46(26-15-34-56(59)63-50-29-11-7-22-42(50)43-23-8-12-30-51(43)63)47-27-16-35-57(60(47)65)64-52-31-13-9-24-44(52)45-25-10-14-32-53(45)64/h1-38H. The first-order chi connectivity index (χ1) is 33.6. The van der Waals surface area contributed by atoms with Gasteiger partial charge in [0.1, 0.15) is 0 Å². The zero-order chi connectivity index (χ0) is 45.0. The first kappa shape index (κ1) is 38.1. The number of hydrogen-bond donors (Lipinski definition) is 0. The molecule has 0 saturated heterocycles. The minimum Gasteiger partial charge on any atom is -0.307 e. The van der Waals surface area contributed by atoms with E-state index in [1.807, 2.05) is 72.8 Å². The van der Waals surface area contributed by atoms with Gasteiger partial charge in [-0.25, -0.2) is 4.90 Å². The quantitative estimate of drug-likeness (QED) is 0.156. The summed E-state index contributed by atoms with van der Waals surface area (Å²) in [5.41, 5.74) is 13.7. The maximum atomic E-state index is 15.7. The molecule has 3 aromatic heterocycles. The number of hydrogen-bond acceptors (Lipinski definition) is 2. The number of amides is 2. The predicted octanol–water partition coefficient (Wildman–Crippen LogP) is 15.1. The van der Waals surface area contributed by atoms with Crippen LogP contribution >= 0.6 is 0 Å². The Kier molecular flexibility index (Phi) is 8.18. The summed E-state index contributed by atoms with van der Waals surface area (Å²) in [6.07, 6.45) is 0. The molecule has 13 aromatic rings. The second-order valence-electron chi connectivity index (χ2n) is 17.5. The van der Waals surface area contributed by atoms with Crippen molar-refractivity contribution in [3.63, 3.8) is 0 Å². The summed E-state index contributed by atoms with van der Waals surface area (Å²) in [4.78, 5) is 32.3. The van der Waals surface area contributed by atoms with Crippen molar-refractivity contribution in [3.8, 4) is 39.3 Å². The molecule has 4 heterocycles. The lowest BCUT2D eigenvalue weighted by Crippen LogP contribution is -2.30. The minimum atomic E-state index is -0.371. The van der Waals surface area contributed by atoms with Gasteiger partial charge in [0.25, 0.3) is 11.8 Å². The largest absolute Gasteiger partial charge is 0.307 e. The molecule has 1 aliphatic rings. The van der Waals surface area contributed by atoms with Crippen LogP contribution in [0, 0.1) is 0 Å². The van der Waals surface area contributed by atoms with E-state index in [1.165, 1.54) is 4.90 Å². The second kappa shape index (κ2) is 14.6. The average molecular weight is 871 g/mol. The van der Waals surface area contributed by atoms with Crippen LogP contribution in [0.3, 0.4) is 0 Å². The number of benzene rings is 10. The molecule has 0 spiro atoms. The van der Waals surface area contributed by atoms with Gasteiger partial charge in [-0.1, -0.05) is 170 Å². The normalized spacial score (nSPS) is 12.7. The molecular weight excluding hydrogens is 833 g/mol. The van der Waals surface area contributed by atoms with E-state index >= 15 is 9.59 Å². The van der Waals surface area contributed by atoms with E-state index in [2.05, 4.69) is 165 Å². The first-order valence-electron chi connectivity index (χ1n) is 22.9. The van der Waals surface area contributed by atoms with Crippen molar-refractivity contribution in [2.24, 2.45) is 0 Å². The molecule has 10 aromatic carbocycles. The number of anilines is 1. The molecule has 14 rings (SSSR count). The summed E-state index contributed by atoms with van der Waals surface area (Å²) in [6, 6.07) is 79.1. The van der Waals surface area contributed by atoms with Crippen molar-refractivity contribution in [2.75, 3.05) is 4.90 Å². The molecule has 0 saturated carbocycles. The van der Waals surface area contributed by atoms with Gasteiger partial charge >= 0.3 is 0 Å². The Morgan fingerprint density at radius 2 is 0.691 bits per heavy atom. The maximum Gasteiger partial charge on any atom is 0.268 e. The third kappa shape index (κ3) is 5.34. The Morgan fingerprint density at radius 3 is 1.21 bits per heavy atom. The van der Waals surface area contributed by atoms with Crippen LogP contribution in [0.1, 0.15) is 20.7 Å². The molecule has 0 aliphatic carbocycles. The van der Waals surface area contributed by atoms with Crippen LogP contribution in [0.2, 0.25) is 0 Å². The van der Waals surface area contributed by atoms with Gasteiger partial charge < -0.3 is 13.7 Å². The topological polar surface area (TPSA) is 52.2 Å². The Balaban J connectivity index is 1.09. The third-order valence-corrected chi connectivity index (χ3v) is 14.0. The number of carbonyl (C=O) groups is 2. The molecule has 6 heteroatoms. The summed E-state index contributed by atoms with van der Waals surface area (Å²) < 4.78 is 6.98. The van der Waals surface area contributed by atoms with Crippen molar-refractivity contribution in [1.82, 2.24) is 13.7 Å². The van der Waals surface area contributed by atoms with Gasteiger partial charge in [-0.2, -0.15) is 0 Å². The summed E-state index contributed by atoms with van der Waals surface area (Å²) in [7, 11) is 0. The van der Waals surface area contributed by atoms with E-state index in [4.69, 9.17) is 0 Å². The van der Waals surface area contributed by atoms with Crippen molar-refractivity contribution >= 4 is 82.9 Å². The smallest absolute Gasteiger partial charge is 0.268 e. The Bertz CT molecular complexity index is 3970. The van der Waals surface area contributed by atoms with Gasteiger partial charge in [0.2, 0.25) is 0 Å². The maximum absolute atomic E-state index is 15.7. The highest BCUT2D eigenvalue weighted by atomic mass is 16.2. The Hall–Kier alpha value is -9.26. The van der Waals surface area contributed by atoms with Crippen LogP contribution in [-0.4, -0.2) is 25.5 Å². The van der Waals surface area contributed by atoms with Gasteiger partial charge in [0.05, 0.1) is 67.0 Å². The molecule has 318 valence electrons. The number of imide groups is 1. The van der Waals surface area contributed by atoms with E-state index in [9.17, 15) is 0 Å². The molecule has 2 amide bonds. The van der Waals surface area contributed by atoms with Gasteiger partial charge in [0.15, 0.2) is 0 Å². The number of carbonyl (C=O) groups excluding carboxylic acids is 2. The zero-order valence-electron chi connectivity index (χ0n) is 36.5. The lowest BCUT2D eigenvalue weighted by molar-refractivity contribution is 0.0926. The number of aromatic nitrogens is 3. The van der Waals surface area contributed by atoms with Crippen molar-refractivity contribution in [2.45, 2.75) is 0 Å². The molecule has 0 unspecified atom stereocenters. The van der Waals surface area contributed by atoms with Crippen molar-refractivity contribution in [3.05, 3.63) is 242 Å². The predicted molar refractivity (Wildman–Crippen MR) is 278 cm³/mol. The van der Waals surface area contributed by atoms with Crippen molar-refractivity contribution < 1.29 is 9.59 Å². The molecule has 6 nitrogen and oxygen atoms in total. The number of para-hydroxylation sites is 6. The highest BCUT2D eigenvalue weighted by molar-refractivity contribution is 6.37. The van der Waals surface area contributed by atoms with Crippen LogP contribution in [0.25, 0.3) is 105 Å². The van der Waals surface area contributed by atoms with Crippen molar-refractivity contribution in [1.29, 1.82) is 0 Å². The lowest BCUT2D eigenvalue weighted by atomic mass is 9.97. The monoisotopic (exact) mass is 870 g/mol. The fourth-order valence-electron chi connectivity index (χ4n) is 11.1. The molecule has 0 bridgehead atoms. The van der Waals surface area contributed by atoms with Gasteiger partial charge in [-0.3, -0.25) is 9.59 Å². The van der Waals surface area contributed by atoms with E-state index in [1.54, 1.807) is 6.07 Å². The molecule has 0 N–H and O–H groups in total. The molecule has 0 radical (unpaired) electrons. The second-order valence-corrected chi connectivity index (χ2v) is 17.5. The van der Waals surface area contributed by atoms with E-state index in [0.717, 1.165) is 99.0 Å². The summed E-state index contributed by atoms with van der Waals surface area (Å²) in [5.74, 6) is -0.730.